The highest BCUT2D eigenvalue weighted by Crippen LogP contribution is 2.19. The van der Waals surface area contributed by atoms with Crippen molar-refractivity contribution in [2.24, 2.45) is 5.92 Å². The van der Waals surface area contributed by atoms with Gasteiger partial charge in [-0.2, -0.15) is 0 Å². The van der Waals surface area contributed by atoms with E-state index < -0.39 is 0 Å². The second kappa shape index (κ2) is 7.43. The molecule has 1 saturated carbocycles. The maximum Gasteiger partial charge on any atom is 0.242 e. The average molecular weight is 292 g/mol. The Labute approximate surface area is 126 Å². The first-order valence-electron chi connectivity index (χ1n) is 7.89. The summed E-state index contributed by atoms with van der Waals surface area (Å²) in [5.41, 5.74) is 0.646. The van der Waals surface area contributed by atoms with Crippen LogP contribution in [0.1, 0.15) is 46.0 Å². The van der Waals surface area contributed by atoms with Gasteiger partial charge in [-0.15, -0.1) is 0 Å². The first kappa shape index (κ1) is 15.8. The van der Waals surface area contributed by atoms with E-state index in [0.29, 0.717) is 11.7 Å². The summed E-state index contributed by atoms with van der Waals surface area (Å²) in [6, 6.07) is 6.21. The molecule has 1 aliphatic carbocycles. The molecule has 0 bridgehead atoms. The van der Waals surface area contributed by atoms with E-state index in [2.05, 4.69) is 10.6 Å². The maximum absolute atomic E-state index is 13.3. The molecule has 3 nitrogen and oxygen atoms in total. The van der Waals surface area contributed by atoms with Gasteiger partial charge in [-0.05, 0) is 37.0 Å². The Balaban J connectivity index is 1.98. The lowest BCUT2D eigenvalue weighted by Gasteiger charge is -2.28. The minimum Gasteiger partial charge on any atom is -0.373 e. The molecule has 1 fully saturated rings. The Kier molecular flexibility index (Phi) is 5.59. The van der Waals surface area contributed by atoms with Crippen molar-refractivity contribution < 1.29 is 9.18 Å². The van der Waals surface area contributed by atoms with E-state index in [9.17, 15) is 9.18 Å². The number of benzene rings is 1. The number of carbonyl (C=O) groups is 1. The Morgan fingerprint density at radius 2 is 1.95 bits per heavy atom. The lowest BCUT2D eigenvalue weighted by atomic mass is 9.94. The van der Waals surface area contributed by atoms with Gasteiger partial charge in [0.2, 0.25) is 5.91 Å². The van der Waals surface area contributed by atoms with Crippen LogP contribution in [0.25, 0.3) is 0 Å². The third-order valence-corrected chi connectivity index (χ3v) is 4.05. The van der Waals surface area contributed by atoms with Crippen LogP contribution in [0, 0.1) is 11.7 Å². The van der Waals surface area contributed by atoms with Crippen LogP contribution >= 0.6 is 0 Å². The number of halogens is 1. The summed E-state index contributed by atoms with van der Waals surface area (Å²) in [5, 5.41) is 6.30. The van der Waals surface area contributed by atoms with Crippen LogP contribution in [0.2, 0.25) is 0 Å². The molecule has 1 aromatic rings. The molecule has 4 heteroatoms. The van der Waals surface area contributed by atoms with Gasteiger partial charge in [-0.1, -0.05) is 39.2 Å². The fourth-order valence-corrected chi connectivity index (χ4v) is 2.83. The zero-order valence-electron chi connectivity index (χ0n) is 12.9. The predicted molar refractivity (Wildman–Crippen MR) is 83.7 cm³/mol. The number of hydrogen-bond acceptors (Lipinski definition) is 2. The molecule has 1 aliphatic rings. The molecule has 0 aromatic heterocycles. The fourth-order valence-electron chi connectivity index (χ4n) is 2.83. The molecule has 0 aliphatic heterocycles. The van der Waals surface area contributed by atoms with E-state index >= 15 is 0 Å². The number of carbonyl (C=O) groups excluding carboxylic acids is 1. The van der Waals surface area contributed by atoms with Crippen molar-refractivity contribution in [3.05, 3.63) is 30.1 Å². The molecule has 1 atom stereocenters. The van der Waals surface area contributed by atoms with Crippen LogP contribution < -0.4 is 10.6 Å². The first-order valence-corrected chi connectivity index (χ1v) is 7.89. The van der Waals surface area contributed by atoms with Crippen LogP contribution in [0.5, 0.6) is 0 Å². The zero-order chi connectivity index (χ0) is 15.2. The molecule has 0 saturated heterocycles. The second-order valence-electron chi connectivity index (χ2n) is 6.22. The smallest absolute Gasteiger partial charge is 0.242 e. The lowest BCUT2D eigenvalue weighted by Crippen LogP contribution is -2.47. The topological polar surface area (TPSA) is 41.1 Å². The third-order valence-electron chi connectivity index (χ3n) is 4.05. The summed E-state index contributed by atoms with van der Waals surface area (Å²) in [5.74, 6) is -0.145. The predicted octanol–water partition coefficient (Wildman–Crippen LogP) is 3.71. The quantitative estimate of drug-likeness (QED) is 0.868. The minimum atomic E-state index is -0.339. The number of nitrogens with one attached hydrogen (secondary N) is 2. The van der Waals surface area contributed by atoms with Crippen molar-refractivity contribution in [1.82, 2.24) is 5.32 Å². The molecular weight excluding hydrogens is 267 g/mol. The summed E-state index contributed by atoms with van der Waals surface area (Å²) in [6.45, 7) is 3.99. The third kappa shape index (κ3) is 4.73. The number of amides is 1. The lowest BCUT2D eigenvalue weighted by molar-refractivity contribution is -0.123. The first-order chi connectivity index (χ1) is 10.1. The molecule has 2 N–H and O–H groups in total. The van der Waals surface area contributed by atoms with Crippen molar-refractivity contribution in [3.8, 4) is 0 Å². The van der Waals surface area contributed by atoms with E-state index in [4.69, 9.17) is 0 Å². The zero-order valence-corrected chi connectivity index (χ0v) is 12.9. The van der Waals surface area contributed by atoms with E-state index in [0.717, 1.165) is 12.8 Å². The van der Waals surface area contributed by atoms with Crippen LogP contribution in [0.15, 0.2) is 24.3 Å². The molecule has 116 valence electrons. The molecule has 2 rings (SSSR count). The number of rotatable bonds is 5. The molecular formula is C17H25FN2O. The van der Waals surface area contributed by atoms with E-state index in [-0.39, 0.29) is 23.7 Å². The largest absolute Gasteiger partial charge is 0.373 e. The van der Waals surface area contributed by atoms with Crippen LogP contribution in [-0.4, -0.2) is 18.0 Å². The van der Waals surface area contributed by atoms with Gasteiger partial charge in [-0.3, -0.25) is 4.79 Å². The van der Waals surface area contributed by atoms with Gasteiger partial charge in [-0.25, -0.2) is 4.39 Å². The molecule has 21 heavy (non-hydrogen) atoms. The van der Waals surface area contributed by atoms with E-state index in [1.807, 2.05) is 13.8 Å². The molecule has 1 aromatic carbocycles. The van der Waals surface area contributed by atoms with Crippen molar-refractivity contribution in [3.63, 3.8) is 0 Å². The summed E-state index contributed by atoms with van der Waals surface area (Å²) < 4.78 is 13.3. The highest BCUT2D eigenvalue weighted by atomic mass is 19.1. The highest BCUT2D eigenvalue weighted by molar-refractivity contribution is 5.85. The maximum atomic E-state index is 13.3. The highest BCUT2D eigenvalue weighted by Gasteiger charge is 2.25. The minimum absolute atomic E-state index is 0.0150. The molecule has 0 radical (unpaired) electrons. The molecule has 0 heterocycles. The van der Waals surface area contributed by atoms with E-state index in [1.54, 1.807) is 12.1 Å². The van der Waals surface area contributed by atoms with E-state index in [1.165, 1.54) is 31.4 Å². The number of anilines is 1. The summed E-state index contributed by atoms with van der Waals surface area (Å²) in [4.78, 5) is 12.5. The Hall–Kier alpha value is -1.58. The molecule has 0 unspecified atom stereocenters. The number of hydrogen-bond donors (Lipinski definition) is 2. The summed E-state index contributed by atoms with van der Waals surface area (Å²) in [6.07, 6.45) is 5.78. The van der Waals surface area contributed by atoms with Crippen molar-refractivity contribution in [2.75, 3.05) is 5.32 Å². The van der Waals surface area contributed by atoms with Crippen molar-refractivity contribution in [2.45, 2.75) is 58.0 Å². The van der Waals surface area contributed by atoms with Crippen molar-refractivity contribution >= 4 is 11.6 Å². The normalized spacial score (nSPS) is 17.5. The van der Waals surface area contributed by atoms with Gasteiger partial charge in [0.25, 0.3) is 0 Å². The molecule has 0 spiro atoms. The molecule has 1 amide bonds. The van der Waals surface area contributed by atoms with Gasteiger partial charge in [0.1, 0.15) is 11.9 Å². The van der Waals surface area contributed by atoms with Gasteiger partial charge in [0, 0.05) is 11.7 Å². The van der Waals surface area contributed by atoms with Crippen LogP contribution in [0.3, 0.4) is 0 Å². The van der Waals surface area contributed by atoms with Gasteiger partial charge in [0.05, 0.1) is 0 Å². The monoisotopic (exact) mass is 292 g/mol. The van der Waals surface area contributed by atoms with Crippen molar-refractivity contribution in [1.29, 1.82) is 0 Å². The Morgan fingerprint density at radius 1 is 1.24 bits per heavy atom. The summed E-state index contributed by atoms with van der Waals surface area (Å²) >= 11 is 0. The van der Waals surface area contributed by atoms with Gasteiger partial charge < -0.3 is 10.6 Å². The Bertz CT molecular complexity index is 470. The SMILES string of the molecule is CC(C)[C@H](Nc1cccc(F)c1)C(=O)NC1CCCCC1. The summed E-state index contributed by atoms with van der Waals surface area (Å²) in [7, 11) is 0. The standard InChI is InChI=1S/C17H25FN2O/c1-12(2)16(19-15-10-6-7-13(18)11-15)17(21)20-14-8-4-3-5-9-14/h6-7,10-12,14,16,19H,3-5,8-9H2,1-2H3,(H,20,21)/t16-/m0/s1. The van der Waals surface area contributed by atoms with Crippen LogP contribution in [0.4, 0.5) is 10.1 Å². The fraction of sp³-hybridized carbons (Fsp3) is 0.588. The van der Waals surface area contributed by atoms with Crippen LogP contribution in [-0.2, 0) is 4.79 Å². The second-order valence-corrected chi connectivity index (χ2v) is 6.22. The van der Waals surface area contributed by atoms with Gasteiger partial charge >= 0.3 is 0 Å². The average Bonchev–Trinajstić information content (AvgIpc) is 2.45. The Morgan fingerprint density at radius 3 is 2.57 bits per heavy atom. The van der Waals surface area contributed by atoms with Gasteiger partial charge in [0.15, 0.2) is 0 Å².